The summed E-state index contributed by atoms with van der Waals surface area (Å²) in [4.78, 5) is 0. The molecule has 2 rings (SSSR count). The molecule has 2 aromatic rings. The first kappa shape index (κ1) is 9.79. The maximum Gasteiger partial charge on any atom is 0 e. The van der Waals surface area contributed by atoms with Crippen LogP contribution in [0.3, 0.4) is 0 Å². The molecule has 0 saturated heterocycles. The molecular formula is C11H11Sc-. The SMILES string of the molecule is Cc1ccc(C)c2[cH-]ccc12.[Sc]. The van der Waals surface area contributed by atoms with Gasteiger partial charge < -0.3 is 0 Å². The van der Waals surface area contributed by atoms with Gasteiger partial charge in [0.25, 0.3) is 0 Å². The van der Waals surface area contributed by atoms with Crippen molar-refractivity contribution in [3.8, 4) is 0 Å². The summed E-state index contributed by atoms with van der Waals surface area (Å²) < 4.78 is 0. The van der Waals surface area contributed by atoms with Crippen LogP contribution in [-0.2, 0) is 25.8 Å². The van der Waals surface area contributed by atoms with Gasteiger partial charge in [-0.3, -0.25) is 0 Å². The fourth-order valence-corrected chi connectivity index (χ4v) is 1.54. The van der Waals surface area contributed by atoms with Crippen LogP contribution in [0, 0.1) is 13.8 Å². The Labute approximate surface area is 91.7 Å². The third-order valence-electron chi connectivity index (χ3n) is 2.25. The summed E-state index contributed by atoms with van der Waals surface area (Å²) in [6, 6.07) is 10.8. The molecule has 0 aliphatic carbocycles. The van der Waals surface area contributed by atoms with E-state index in [9.17, 15) is 0 Å². The van der Waals surface area contributed by atoms with Crippen molar-refractivity contribution in [1.82, 2.24) is 0 Å². The van der Waals surface area contributed by atoms with Crippen molar-refractivity contribution in [3.63, 3.8) is 0 Å². The van der Waals surface area contributed by atoms with Crippen LogP contribution in [0.25, 0.3) is 10.8 Å². The Morgan fingerprint density at radius 1 is 1.00 bits per heavy atom. The van der Waals surface area contributed by atoms with E-state index in [2.05, 4.69) is 44.2 Å². The zero-order chi connectivity index (χ0) is 7.84. The number of benzene rings is 1. The van der Waals surface area contributed by atoms with Gasteiger partial charge in [0.05, 0.1) is 0 Å². The summed E-state index contributed by atoms with van der Waals surface area (Å²) in [5.41, 5.74) is 2.74. The van der Waals surface area contributed by atoms with Crippen molar-refractivity contribution >= 4 is 10.8 Å². The van der Waals surface area contributed by atoms with Crippen molar-refractivity contribution in [2.75, 3.05) is 0 Å². The van der Waals surface area contributed by atoms with E-state index in [-0.39, 0.29) is 25.8 Å². The van der Waals surface area contributed by atoms with E-state index in [0.29, 0.717) is 0 Å². The van der Waals surface area contributed by atoms with Gasteiger partial charge in [-0.1, -0.05) is 18.6 Å². The van der Waals surface area contributed by atoms with Crippen molar-refractivity contribution < 1.29 is 25.8 Å². The number of hydrogen-bond acceptors (Lipinski definition) is 0. The Morgan fingerprint density at radius 2 is 1.67 bits per heavy atom. The molecule has 0 aliphatic heterocycles. The monoisotopic (exact) mass is 188 g/mol. The summed E-state index contributed by atoms with van der Waals surface area (Å²) in [6.45, 7) is 4.31. The zero-order valence-electron chi connectivity index (χ0n) is 7.46. The summed E-state index contributed by atoms with van der Waals surface area (Å²) >= 11 is 0. The molecule has 0 spiro atoms. The van der Waals surface area contributed by atoms with Crippen LogP contribution >= 0.6 is 0 Å². The number of hydrogen-bond donors (Lipinski definition) is 0. The smallest absolute Gasteiger partial charge is 0 e. The fourth-order valence-electron chi connectivity index (χ4n) is 1.54. The first-order valence-electron chi connectivity index (χ1n) is 3.90. The topological polar surface area (TPSA) is 0 Å². The Morgan fingerprint density at radius 3 is 2.33 bits per heavy atom. The molecule has 12 heavy (non-hydrogen) atoms. The average Bonchev–Trinajstić information content (AvgIpc) is 2.45. The first-order valence-corrected chi connectivity index (χ1v) is 3.90. The van der Waals surface area contributed by atoms with E-state index in [1.54, 1.807) is 0 Å². The molecule has 0 unspecified atom stereocenters. The predicted octanol–water partition coefficient (Wildman–Crippen LogP) is 3.17. The Hall–Kier alpha value is -0.300. The quantitative estimate of drug-likeness (QED) is 0.557. The molecule has 59 valence electrons. The van der Waals surface area contributed by atoms with Gasteiger partial charge in [-0.25, -0.2) is 0 Å². The van der Waals surface area contributed by atoms with Crippen molar-refractivity contribution in [2.45, 2.75) is 13.8 Å². The van der Waals surface area contributed by atoms with E-state index in [1.165, 1.54) is 21.9 Å². The summed E-state index contributed by atoms with van der Waals surface area (Å²) in [5, 5.41) is 2.79. The van der Waals surface area contributed by atoms with Gasteiger partial charge in [0.2, 0.25) is 0 Å². The van der Waals surface area contributed by atoms with Gasteiger partial charge in [-0.15, -0.1) is 28.5 Å². The minimum atomic E-state index is 0. The largest absolute Gasteiger partial charge is 0.168 e. The average molecular weight is 188 g/mol. The molecule has 0 saturated carbocycles. The number of fused-ring (bicyclic) bond motifs is 1. The Kier molecular flexibility index (Phi) is 2.94. The van der Waals surface area contributed by atoms with Crippen molar-refractivity contribution in [1.29, 1.82) is 0 Å². The normalized spacial score (nSPS) is 9.83. The molecular weight excluding hydrogens is 177 g/mol. The molecule has 0 fully saturated rings. The summed E-state index contributed by atoms with van der Waals surface area (Å²) in [6.07, 6.45) is 0. The molecule has 0 aromatic heterocycles. The van der Waals surface area contributed by atoms with Crippen molar-refractivity contribution in [2.24, 2.45) is 0 Å². The zero-order valence-corrected chi connectivity index (χ0v) is 9.27. The summed E-state index contributed by atoms with van der Waals surface area (Å²) in [5.74, 6) is 0. The molecule has 0 heterocycles. The Balaban J connectivity index is 0.000000720. The van der Waals surface area contributed by atoms with E-state index in [1.807, 2.05) is 0 Å². The van der Waals surface area contributed by atoms with Gasteiger partial charge in [-0.2, -0.15) is 12.1 Å². The van der Waals surface area contributed by atoms with Gasteiger partial charge in [-0.05, 0) is 6.92 Å². The van der Waals surface area contributed by atoms with Crippen LogP contribution in [-0.4, -0.2) is 0 Å². The van der Waals surface area contributed by atoms with E-state index in [4.69, 9.17) is 0 Å². The molecule has 0 atom stereocenters. The second-order valence-corrected chi connectivity index (χ2v) is 3.05. The Bertz CT molecular complexity index is 349. The van der Waals surface area contributed by atoms with Crippen molar-refractivity contribution in [3.05, 3.63) is 41.5 Å². The van der Waals surface area contributed by atoms with Crippen LogP contribution in [0.2, 0.25) is 0 Å². The first-order chi connectivity index (χ1) is 5.29. The molecule has 0 aliphatic rings. The molecule has 0 nitrogen and oxygen atoms in total. The van der Waals surface area contributed by atoms with Gasteiger partial charge in [0.15, 0.2) is 0 Å². The minimum absolute atomic E-state index is 0. The molecule has 0 bridgehead atoms. The standard InChI is InChI=1S/C11H11.Sc/c1-8-6-7-9(2)11-5-3-4-10(8)11;/h3-7H,1-2H3;/q-1;. The van der Waals surface area contributed by atoms with Gasteiger partial charge >= 0.3 is 0 Å². The second kappa shape index (κ2) is 3.61. The van der Waals surface area contributed by atoms with E-state index < -0.39 is 0 Å². The molecule has 0 amide bonds. The number of rotatable bonds is 0. The van der Waals surface area contributed by atoms with Gasteiger partial charge in [0.1, 0.15) is 0 Å². The second-order valence-electron chi connectivity index (χ2n) is 3.05. The van der Waals surface area contributed by atoms with Crippen LogP contribution in [0.15, 0.2) is 30.3 Å². The summed E-state index contributed by atoms with van der Waals surface area (Å²) in [7, 11) is 0. The molecule has 1 radical (unpaired) electrons. The molecule has 1 heteroatoms. The van der Waals surface area contributed by atoms with Crippen LogP contribution in [0.1, 0.15) is 11.1 Å². The maximum absolute atomic E-state index is 2.18. The third-order valence-corrected chi connectivity index (χ3v) is 2.25. The van der Waals surface area contributed by atoms with Gasteiger partial charge in [0, 0.05) is 25.8 Å². The van der Waals surface area contributed by atoms with Crippen LogP contribution < -0.4 is 0 Å². The molecule has 0 N–H and O–H groups in total. The minimum Gasteiger partial charge on any atom is -0.168 e. The third kappa shape index (κ3) is 1.42. The van der Waals surface area contributed by atoms with E-state index >= 15 is 0 Å². The molecule has 2 aromatic carbocycles. The number of aryl methyl sites for hydroxylation is 2. The predicted molar refractivity (Wildman–Crippen MR) is 49.0 cm³/mol. The van der Waals surface area contributed by atoms with Crippen LogP contribution in [0.5, 0.6) is 0 Å². The fraction of sp³-hybridized carbons (Fsp3) is 0.182. The van der Waals surface area contributed by atoms with E-state index in [0.717, 1.165) is 0 Å². The maximum atomic E-state index is 2.18. The van der Waals surface area contributed by atoms with Crippen LogP contribution in [0.4, 0.5) is 0 Å².